The second-order valence-corrected chi connectivity index (χ2v) is 2.00. The van der Waals surface area contributed by atoms with Gasteiger partial charge in [-0.3, -0.25) is 0 Å². The van der Waals surface area contributed by atoms with E-state index in [0.717, 1.165) is 12.8 Å². The van der Waals surface area contributed by atoms with Crippen LogP contribution in [0.3, 0.4) is 0 Å². The molecule has 1 radical (unpaired) electrons. The van der Waals surface area contributed by atoms with E-state index >= 15 is 0 Å². The van der Waals surface area contributed by atoms with Gasteiger partial charge in [0.2, 0.25) is 0 Å². The average Bonchev–Trinajstić information content (AvgIpc) is 2.14. The summed E-state index contributed by atoms with van der Waals surface area (Å²) in [6.45, 7) is 0. The Morgan fingerprint density at radius 3 is 2.14 bits per heavy atom. The van der Waals surface area contributed by atoms with Gasteiger partial charge in [-0.2, -0.15) is 0 Å². The quantitative estimate of drug-likeness (QED) is 0.361. The molecule has 0 aliphatic heterocycles. The van der Waals surface area contributed by atoms with Crippen molar-refractivity contribution >= 4 is 0 Å². The van der Waals surface area contributed by atoms with Gasteiger partial charge in [0.15, 0.2) is 0 Å². The van der Waals surface area contributed by atoms with Crippen LogP contribution in [0.2, 0.25) is 0 Å². The lowest BCUT2D eigenvalue weighted by Crippen LogP contribution is -2.01. The van der Waals surface area contributed by atoms with Gasteiger partial charge in [0.25, 0.3) is 0 Å². The molecular weight excluding hydrogens is 92.1 g/mol. The first-order chi connectivity index (χ1) is 3.43. The van der Waals surface area contributed by atoms with E-state index in [4.69, 9.17) is 0 Å². The lowest BCUT2D eigenvalue weighted by molar-refractivity contribution is -0.333. The molecule has 0 aromatic rings. The van der Waals surface area contributed by atoms with Gasteiger partial charge in [-0.25, -0.2) is 4.89 Å². The second-order valence-electron chi connectivity index (χ2n) is 2.00. The molecule has 2 nitrogen and oxygen atoms in total. The van der Waals surface area contributed by atoms with Crippen LogP contribution < -0.4 is 0 Å². The van der Waals surface area contributed by atoms with Crippen molar-refractivity contribution in [2.45, 2.75) is 31.8 Å². The van der Waals surface area contributed by atoms with Crippen molar-refractivity contribution in [3.63, 3.8) is 0 Å². The van der Waals surface area contributed by atoms with Crippen molar-refractivity contribution < 1.29 is 10.1 Å². The van der Waals surface area contributed by atoms with Crippen LogP contribution >= 0.6 is 0 Å². The molecule has 0 heterocycles. The lowest BCUT2D eigenvalue weighted by atomic mass is 10.3. The number of hydrogen-bond acceptors (Lipinski definition) is 1. The SMILES string of the molecule is [O]OC1CCCC1. The molecular formula is C5H9O2. The monoisotopic (exact) mass is 101 g/mol. The molecule has 0 unspecified atom stereocenters. The summed E-state index contributed by atoms with van der Waals surface area (Å²) in [5.41, 5.74) is 0. The maximum Gasteiger partial charge on any atom is 0.0962 e. The smallest absolute Gasteiger partial charge is 0.0962 e. The van der Waals surface area contributed by atoms with Crippen LogP contribution in [0.15, 0.2) is 0 Å². The zero-order chi connectivity index (χ0) is 5.11. The van der Waals surface area contributed by atoms with Crippen LogP contribution in [0, 0.1) is 0 Å². The molecule has 0 saturated heterocycles. The van der Waals surface area contributed by atoms with Crippen molar-refractivity contribution in [3.05, 3.63) is 0 Å². The fourth-order valence-electron chi connectivity index (χ4n) is 0.985. The summed E-state index contributed by atoms with van der Waals surface area (Å²) in [5.74, 6) is 0. The number of rotatable bonds is 1. The van der Waals surface area contributed by atoms with Gasteiger partial charge in [-0.15, -0.1) is 0 Å². The minimum absolute atomic E-state index is 0.0417. The van der Waals surface area contributed by atoms with Crippen molar-refractivity contribution in [3.8, 4) is 0 Å². The summed E-state index contributed by atoms with van der Waals surface area (Å²) in [6, 6.07) is 0. The highest BCUT2D eigenvalue weighted by molar-refractivity contribution is 4.64. The number of hydrogen-bond donors (Lipinski definition) is 0. The third-order valence-corrected chi connectivity index (χ3v) is 1.44. The Bertz CT molecular complexity index is 48.0. The van der Waals surface area contributed by atoms with Gasteiger partial charge in [-0.05, 0) is 18.1 Å². The molecule has 0 spiro atoms. The molecule has 0 aromatic carbocycles. The summed E-state index contributed by atoms with van der Waals surface area (Å²) in [7, 11) is 0. The van der Waals surface area contributed by atoms with Crippen LogP contribution in [-0.4, -0.2) is 6.10 Å². The van der Waals surface area contributed by atoms with E-state index in [1.54, 1.807) is 0 Å². The van der Waals surface area contributed by atoms with Crippen LogP contribution in [0.5, 0.6) is 0 Å². The van der Waals surface area contributed by atoms with Crippen LogP contribution in [0.1, 0.15) is 25.7 Å². The maximum atomic E-state index is 9.63. The highest BCUT2D eigenvalue weighted by atomic mass is 17.1. The molecule has 0 aromatic heterocycles. The van der Waals surface area contributed by atoms with Crippen LogP contribution in [0.4, 0.5) is 0 Å². The van der Waals surface area contributed by atoms with Crippen molar-refractivity contribution in [2.75, 3.05) is 0 Å². The first-order valence-corrected chi connectivity index (χ1v) is 2.72. The molecule has 7 heavy (non-hydrogen) atoms. The highest BCUT2D eigenvalue weighted by Gasteiger charge is 2.14. The van der Waals surface area contributed by atoms with Crippen molar-refractivity contribution in [2.24, 2.45) is 0 Å². The van der Waals surface area contributed by atoms with Gasteiger partial charge in [0.1, 0.15) is 0 Å². The Morgan fingerprint density at radius 1 is 1.29 bits per heavy atom. The molecule has 0 amide bonds. The molecule has 2 heteroatoms. The highest BCUT2D eigenvalue weighted by Crippen LogP contribution is 2.19. The molecule has 0 bridgehead atoms. The third-order valence-electron chi connectivity index (χ3n) is 1.44. The average molecular weight is 101 g/mol. The predicted octanol–water partition coefficient (Wildman–Crippen LogP) is 1.29. The van der Waals surface area contributed by atoms with E-state index in [1.807, 2.05) is 0 Å². The van der Waals surface area contributed by atoms with E-state index in [-0.39, 0.29) is 6.10 Å². The minimum atomic E-state index is 0.0417. The molecule has 1 saturated carbocycles. The molecule has 0 atom stereocenters. The molecule has 1 aliphatic carbocycles. The minimum Gasteiger partial charge on any atom is -0.200 e. The van der Waals surface area contributed by atoms with Gasteiger partial charge >= 0.3 is 0 Å². The van der Waals surface area contributed by atoms with Gasteiger partial charge in [0.05, 0.1) is 6.10 Å². The Kier molecular flexibility index (Phi) is 1.65. The topological polar surface area (TPSA) is 29.1 Å². The largest absolute Gasteiger partial charge is 0.200 e. The van der Waals surface area contributed by atoms with Gasteiger partial charge in [0, 0.05) is 0 Å². The second kappa shape index (κ2) is 2.28. The van der Waals surface area contributed by atoms with E-state index in [1.165, 1.54) is 12.8 Å². The Morgan fingerprint density at radius 2 is 1.86 bits per heavy atom. The molecule has 1 rings (SSSR count). The third kappa shape index (κ3) is 1.14. The van der Waals surface area contributed by atoms with Crippen molar-refractivity contribution in [1.82, 2.24) is 0 Å². The molecule has 41 valence electrons. The summed E-state index contributed by atoms with van der Waals surface area (Å²) in [4.78, 5) is 3.86. The fourth-order valence-corrected chi connectivity index (χ4v) is 0.985. The molecule has 0 N–H and O–H groups in total. The van der Waals surface area contributed by atoms with Crippen LogP contribution in [0.25, 0.3) is 0 Å². The zero-order valence-electron chi connectivity index (χ0n) is 4.22. The Balaban J connectivity index is 2.14. The summed E-state index contributed by atoms with van der Waals surface area (Å²) in [5, 5.41) is 9.63. The van der Waals surface area contributed by atoms with Gasteiger partial charge < -0.3 is 0 Å². The van der Waals surface area contributed by atoms with Crippen LogP contribution in [-0.2, 0) is 10.1 Å². The zero-order valence-corrected chi connectivity index (χ0v) is 4.22. The Labute approximate surface area is 43.0 Å². The maximum absolute atomic E-state index is 9.63. The Hall–Kier alpha value is -0.0800. The molecule has 1 aliphatic rings. The summed E-state index contributed by atoms with van der Waals surface area (Å²) in [6.07, 6.45) is 4.34. The van der Waals surface area contributed by atoms with E-state index in [2.05, 4.69) is 4.89 Å². The first kappa shape index (κ1) is 5.06. The van der Waals surface area contributed by atoms with Gasteiger partial charge in [-0.1, -0.05) is 12.8 Å². The predicted molar refractivity (Wildman–Crippen MR) is 24.0 cm³/mol. The fraction of sp³-hybridized carbons (Fsp3) is 1.00. The first-order valence-electron chi connectivity index (χ1n) is 2.72. The van der Waals surface area contributed by atoms with Crippen molar-refractivity contribution in [1.29, 1.82) is 0 Å². The summed E-state index contributed by atoms with van der Waals surface area (Å²) >= 11 is 0. The molecule has 1 fully saturated rings. The van der Waals surface area contributed by atoms with E-state index in [0.29, 0.717) is 0 Å². The van der Waals surface area contributed by atoms with E-state index < -0.39 is 0 Å². The lowest BCUT2D eigenvalue weighted by Gasteiger charge is -1.96. The standard InChI is InChI=1S/C5H9O2/c6-7-5-3-1-2-4-5/h5H,1-4H2. The normalized spacial score (nSPS) is 23.6. The van der Waals surface area contributed by atoms with E-state index in [9.17, 15) is 5.26 Å². The summed E-state index contributed by atoms with van der Waals surface area (Å²) < 4.78 is 0.